The zero-order valence-electron chi connectivity index (χ0n) is 21.7. The Bertz CT molecular complexity index is 767. The average Bonchev–Trinajstić information content (AvgIpc) is 2.81. The predicted molar refractivity (Wildman–Crippen MR) is 138 cm³/mol. The molecule has 1 fully saturated rings. The van der Waals surface area contributed by atoms with E-state index < -0.39 is 6.04 Å². The highest BCUT2D eigenvalue weighted by Crippen LogP contribution is 2.22. The van der Waals surface area contributed by atoms with Gasteiger partial charge in [-0.15, -0.1) is 0 Å². The second kappa shape index (κ2) is 15.6. The molecule has 5 heteroatoms. The van der Waals surface area contributed by atoms with Gasteiger partial charge >= 0.3 is 5.97 Å². The van der Waals surface area contributed by atoms with Crippen LogP contribution in [0.2, 0.25) is 0 Å². The third-order valence-electron chi connectivity index (χ3n) is 6.47. The summed E-state index contributed by atoms with van der Waals surface area (Å²) in [5, 5.41) is 2.96. The van der Waals surface area contributed by atoms with Crippen LogP contribution in [-0.2, 0) is 20.7 Å². The van der Waals surface area contributed by atoms with Crippen molar-refractivity contribution in [2.75, 3.05) is 6.61 Å². The Morgan fingerprint density at radius 3 is 2.56 bits per heavy atom. The molecule has 0 aromatic heterocycles. The van der Waals surface area contributed by atoms with Gasteiger partial charge in [-0.3, -0.25) is 4.79 Å². The van der Waals surface area contributed by atoms with Gasteiger partial charge in [-0.2, -0.15) is 0 Å². The van der Waals surface area contributed by atoms with Gasteiger partial charge in [-0.1, -0.05) is 57.2 Å². The van der Waals surface area contributed by atoms with Crippen molar-refractivity contribution in [1.29, 1.82) is 0 Å². The largest absolute Gasteiger partial charge is 0.490 e. The zero-order chi connectivity index (χ0) is 24.8. The average molecular weight is 472 g/mol. The van der Waals surface area contributed by atoms with E-state index in [1.165, 1.54) is 5.57 Å². The normalized spacial score (nSPS) is 22.4. The van der Waals surface area contributed by atoms with E-state index >= 15 is 0 Å². The highest BCUT2D eigenvalue weighted by Gasteiger charge is 2.26. The molecule has 1 aromatic rings. The molecule has 1 heterocycles. The third-order valence-corrected chi connectivity index (χ3v) is 6.47. The van der Waals surface area contributed by atoms with E-state index in [4.69, 9.17) is 9.47 Å². The van der Waals surface area contributed by atoms with Gasteiger partial charge in [0.1, 0.15) is 24.5 Å². The van der Waals surface area contributed by atoms with E-state index in [-0.39, 0.29) is 18.0 Å². The van der Waals surface area contributed by atoms with Crippen molar-refractivity contribution in [2.24, 2.45) is 5.92 Å². The van der Waals surface area contributed by atoms with Crippen LogP contribution in [0, 0.1) is 5.92 Å². The lowest BCUT2D eigenvalue weighted by Gasteiger charge is -2.23. The number of unbranched alkanes of at least 4 members (excludes halogenated alkanes) is 2. The molecule has 190 valence electrons. The van der Waals surface area contributed by atoms with Crippen molar-refractivity contribution in [3.63, 3.8) is 0 Å². The number of ether oxygens (including phenoxy) is 2. The minimum Gasteiger partial charge on any atom is -0.490 e. The summed E-state index contributed by atoms with van der Waals surface area (Å²) >= 11 is 0. The quantitative estimate of drug-likeness (QED) is 0.252. The van der Waals surface area contributed by atoms with Crippen molar-refractivity contribution in [2.45, 2.75) is 110 Å². The number of esters is 1. The SMILES string of the molecule is CCCCC[C@@H]1CC[C@H](C)CCCCC(=O)N[C@@H](Cc2ccc(OCC=C(C)C)cc2)C(=O)O1. The second-order valence-corrected chi connectivity index (χ2v) is 10.0. The zero-order valence-corrected chi connectivity index (χ0v) is 21.7. The summed E-state index contributed by atoms with van der Waals surface area (Å²) in [6.07, 6.45) is 12.0. The molecule has 1 saturated heterocycles. The Morgan fingerprint density at radius 1 is 1.09 bits per heavy atom. The van der Waals surface area contributed by atoms with Crippen LogP contribution < -0.4 is 10.1 Å². The molecule has 1 amide bonds. The van der Waals surface area contributed by atoms with Gasteiger partial charge in [0.2, 0.25) is 5.91 Å². The van der Waals surface area contributed by atoms with E-state index in [1.807, 2.05) is 44.2 Å². The third kappa shape index (κ3) is 11.2. The Hall–Kier alpha value is -2.30. The molecule has 0 bridgehead atoms. The fourth-order valence-electron chi connectivity index (χ4n) is 4.25. The summed E-state index contributed by atoms with van der Waals surface area (Å²) in [5.74, 6) is 0.987. The van der Waals surface area contributed by atoms with Gasteiger partial charge in [0.15, 0.2) is 0 Å². The number of amides is 1. The number of nitrogens with one attached hydrogen (secondary N) is 1. The molecular weight excluding hydrogens is 426 g/mol. The lowest BCUT2D eigenvalue weighted by molar-refractivity contribution is -0.154. The standard InChI is InChI=1S/C29H45NO4/c1-5-6-7-11-26-16-13-23(4)10-8-9-12-28(31)30-27(29(32)34-26)21-24-14-17-25(18-15-24)33-20-19-22(2)3/h14-15,17-19,23,26-27H,5-13,16,20-21H2,1-4H3,(H,30,31)/t23-,26-,27+/m1/s1. The van der Waals surface area contributed by atoms with Crippen LogP contribution in [0.3, 0.4) is 0 Å². The van der Waals surface area contributed by atoms with Gasteiger partial charge in [0.25, 0.3) is 0 Å². The van der Waals surface area contributed by atoms with Crippen LogP contribution in [0.5, 0.6) is 5.75 Å². The Balaban J connectivity index is 2.08. The molecular formula is C29H45NO4. The molecule has 5 nitrogen and oxygen atoms in total. The van der Waals surface area contributed by atoms with E-state index in [2.05, 4.69) is 19.2 Å². The minimum atomic E-state index is -0.670. The molecule has 0 aliphatic carbocycles. The first-order valence-electron chi connectivity index (χ1n) is 13.2. The van der Waals surface area contributed by atoms with Crippen LogP contribution in [0.4, 0.5) is 0 Å². The maximum Gasteiger partial charge on any atom is 0.329 e. The smallest absolute Gasteiger partial charge is 0.329 e. The molecule has 0 unspecified atom stereocenters. The van der Waals surface area contributed by atoms with Crippen LogP contribution in [0.25, 0.3) is 0 Å². The number of rotatable bonds is 9. The van der Waals surface area contributed by atoms with Crippen LogP contribution in [0.15, 0.2) is 35.9 Å². The molecule has 34 heavy (non-hydrogen) atoms. The number of carbonyl (C=O) groups is 2. The predicted octanol–water partition coefficient (Wildman–Crippen LogP) is 6.54. The van der Waals surface area contributed by atoms with Crippen molar-refractivity contribution < 1.29 is 19.1 Å². The maximum atomic E-state index is 13.2. The van der Waals surface area contributed by atoms with E-state index in [0.717, 1.165) is 69.1 Å². The maximum absolute atomic E-state index is 13.2. The van der Waals surface area contributed by atoms with E-state index in [1.54, 1.807) is 0 Å². The van der Waals surface area contributed by atoms with Gasteiger partial charge in [-0.25, -0.2) is 4.79 Å². The molecule has 1 aliphatic heterocycles. The van der Waals surface area contributed by atoms with Gasteiger partial charge in [-0.05, 0) is 75.6 Å². The molecule has 3 atom stereocenters. The molecule has 0 spiro atoms. The summed E-state index contributed by atoms with van der Waals surface area (Å²) in [6.45, 7) is 9.06. The fraction of sp³-hybridized carbons (Fsp3) is 0.655. The van der Waals surface area contributed by atoms with E-state index in [9.17, 15) is 9.59 Å². The number of carbonyl (C=O) groups excluding carboxylic acids is 2. The Labute approximate surface area is 206 Å². The first-order valence-corrected chi connectivity index (χ1v) is 13.2. The monoisotopic (exact) mass is 471 g/mol. The summed E-state index contributed by atoms with van der Waals surface area (Å²) in [6, 6.07) is 7.07. The summed E-state index contributed by atoms with van der Waals surface area (Å²) in [4.78, 5) is 25.8. The molecule has 2 rings (SSSR count). The lowest BCUT2D eigenvalue weighted by atomic mass is 9.95. The highest BCUT2D eigenvalue weighted by atomic mass is 16.5. The summed E-state index contributed by atoms with van der Waals surface area (Å²) < 4.78 is 11.7. The summed E-state index contributed by atoms with van der Waals surface area (Å²) in [5.41, 5.74) is 2.18. The van der Waals surface area contributed by atoms with Gasteiger partial charge < -0.3 is 14.8 Å². The van der Waals surface area contributed by atoms with Crippen molar-refractivity contribution in [3.05, 3.63) is 41.5 Å². The molecule has 0 radical (unpaired) electrons. The first kappa shape index (κ1) is 27.9. The number of benzene rings is 1. The number of hydrogen-bond acceptors (Lipinski definition) is 4. The van der Waals surface area contributed by atoms with Crippen molar-refractivity contribution in [3.8, 4) is 5.75 Å². The molecule has 1 aromatic carbocycles. The number of cyclic esters (lactones) is 1. The second-order valence-electron chi connectivity index (χ2n) is 10.0. The number of allylic oxidation sites excluding steroid dienone is 1. The first-order chi connectivity index (χ1) is 16.4. The lowest BCUT2D eigenvalue weighted by Crippen LogP contribution is -2.44. The Kier molecular flexibility index (Phi) is 12.8. The van der Waals surface area contributed by atoms with Gasteiger partial charge in [0.05, 0.1) is 0 Å². The Morgan fingerprint density at radius 2 is 1.85 bits per heavy atom. The molecule has 1 aliphatic rings. The highest BCUT2D eigenvalue weighted by molar-refractivity contribution is 5.84. The van der Waals surface area contributed by atoms with Crippen LogP contribution >= 0.6 is 0 Å². The molecule has 1 N–H and O–H groups in total. The van der Waals surface area contributed by atoms with E-state index in [0.29, 0.717) is 25.4 Å². The molecule has 0 saturated carbocycles. The minimum absolute atomic E-state index is 0.0712. The van der Waals surface area contributed by atoms with Crippen molar-refractivity contribution >= 4 is 11.9 Å². The van der Waals surface area contributed by atoms with Crippen LogP contribution in [-0.4, -0.2) is 30.6 Å². The van der Waals surface area contributed by atoms with Crippen LogP contribution in [0.1, 0.15) is 97.5 Å². The van der Waals surface area contributed by atoms with Crippen molar-refractivity contribution in [1.82, 2.24) is 5.32 Å². The fourth-order valence-corrected chi connectivity index (χ4v) is 4.25. The summed E-state index contributed by atoms with van der Waals surface area (Å²) in [7, 11) is 0. The van der Waals surface area contributed by atoms with Gasteiger partial charge in [0, 0.05) is 12.8 Å². The topological polar surface area (TPSA) is 64.6 Å². The number of hydrogen-bond donors (Lipinski definition) is 1.